The number of nitrogens with one attached hydrogen (secondary N) is 2. The van der Waals surface area contributed by atoms with Gasteiger partial charge in [-0.15, -0.1) is 0 Å². The molecule has 0 bridgehead atoms. The fourth-order valence-corrected chi connectivity index (χ4v) is 5.53. The molecule has 1 unspecified atom stereocenters. The molecule has 2 heterocycles. The molecule has 1 aromatic heterocycles. The van der Waals surface area contributed by atoms with Gasteiger partial charge in [-0.1, -0.05) is 31.0 Å². The van der Waals surface area contributed by atoms with E-state index in [2.05, 4.69) is 15.2 Å². The number of aromatic nitrogens is 1. The molecule has 5 nitrogen and oxygen atoms in total. The summed E-state index contributed by atoms with van der Waals surface area (Å²) >= 11 is 0. The summed E-state index contributed by atoms with van der Waals surface area (Å²) in [5, 5.41) is 4.55. The lowest BCUT2D eigenvalue weighted by Gasteiger charge is -2.29. The number of benzene rings is 2. The number of fused-ring (bicyclic) bond motifs is 1. The maximum Gasteiger partial charge on any atom is 0.417 e. The third kappa shape index (κ3) is 6.23. The van der Waals surface area contributed by atoms with E-state index in [0.29, 0.717) is 24.4 Å². The largest absolute Gasteiger partial charge is 0.417 e. The van der Waals surface area contributed by atoms with E-state index in [1.54, 1.807) is 0 Å². The summed E-state index contributed by atoms with van der Waals surface area (Å²) in [7, 11) is 0. The standard InChI is InChI=1S/C29H28F6N4O/c30-28(31,32)20-13-19(14-21(15-20)29(33,34)35)27(40)36-17-18-7-1-3-9-23(18)37-26-16-25(39-11-5-6-12-39)22-8-2-4-10-24(22)38-26/h2,4,8,10,13-18,23H,1,3,5-7,9,11-12H2,(H,37,38)/p+1/t18?,23-/m0/s1. The van der Waals surface area contributed by atoms with Gasteiger partial charge in [0, 0.05) is 36.3 Å². The molecule has 5 rings (SSSR count). The van der Waals surface area contributed by atoms with Crippen molar-refractivity contribution in [1.82, 2.24) is 4.98 Å². The number of rotatable bonds is 5. The minimum absolute atomic E-state index is 0.00848. The summed E-state index contributed by atoms with van der Waals surface area (Å²) in [5.74, 6) is -0.542. The van der Waals surface area contributed by atoms with Crippen LogP contribution in [0.25, 0.3) is 10.9 Å². The highest BCUT2D eigenvalue weighted by atomic mass is 19.4. The summed E-state index contributed by atoms with van der Waals surface area (Å²) in [4.78, 5) is 22.3. The Kier molecular flexibility index (Phi) is 7.74. The maximum atomic E-state index is 13.2. The van der Waals surface area contributed by atoms with Crippen LogP contribution in [0, 0.1) is 5.92 Å². The molecule has 2 N–H and O–H groups in total. The molecule has 0 radical (unpaired) electrons. The van der Waals surface area contributed by atoms with Crippen LogP contribution in [0.3, 0.4) is 0 Å². The van der Waals surface area contributed by atoms with Crippen molar-refractivity contribution in [3.8, 4) is 0 Å². The number of amides is 1. The molecule has 2 fully saturated rings. The average molecular weight is 564 g/mol. The molecule has 40 heavy (non-hydrogen) atoms. The molecule has 3 aromatic rings. The third-order valence-corrected chi connectivity index (χ3v) is 7.57. The molecule has 2 atom stereocenters. The van der Waals surface area contributed by atoms with Crippen LogP contribution >= 0.6 is 0 Å². The minimum atomic E-state index is -5.03. The van der Waals surface area contributed by atoms with Crippen LogP contribution in [0.5, 0.6) is 0 Å². The highest BCUT2D eigenvalue weighted by Crippen LogP contribution is 2.36. The first-order chi connectivity index (χ1) is 19.0. The van der Waals surface area contributed by atoms with Crippen molar-refractivity contribution in [2.24, 2.45) is 5.92 Å². The highest BCUT2D eigenvalue weighted by Gasteiger charge is 2.38. The number of pyridine rings is 1. The van der Waals surface area contributed by atoms with Gasteiger partial charge >= 0.3 is 18.3 Å². The molecule has 1 saturated carbocycles. The summed E-state index contributed by atoms with van der Waals surface area (Å²) in [6, 6.07) is 10.7. The Morgan fingerprint density at radius 3 is 2.23 bits per heavy atom. The quantitative estimate of drug-likeness (QED) is 0.303. The van der Waals surface area contributed by atoms with Gasteiger partial charge in [-0.3, -0.25) is 0 Å². The lowest BCUT2D eigenvalue weighted by molar-refractivity contribution is -0.342. The van der Waals surface area contributed by atoms with E-state index in [-0.39, 0.29) is 18.0 Å². The number of carbonyl (C=O) groups excluding carboxylic acids is 1. The topological polar surface area (TPSA) is 59.2 Å². The summed E-state index contributed by atoms with van der Waals surface area (Å²) < 4.78 is 79.4. The first-order valence-corrected chi connectivity index (χ1v) is 13.3. The fourth-order valence-electron chi connectivity index (χ4n) is 5.53. The smallest absolute Gasteiger partial charge is 0.371 e. The van der Waals surface area contributed by atoms with Gasteiger partial charge in [0.25, 0.3) is 0 Å². The van der Waals surface area contributed by atoms with Crippen LogP contribution in [-0.4, -0.2) is 36.2 Å². The normalized spacial score (nSPS) is 20.4. The van der Waals surface area contributed by atoms with Gasteiger partial charge in [0.15, 0.2) is 6.21 Å². The van der Waals surface area contributed by atoms with Gasteiger partial charge < -0.3 is 10.2 Å². The van der Waals surface area contributed by atoms with E-state index in [4.69, 9.17) is 4.98 Å². The average Bonchev–Trinajstić information content (AvgIpc) is 3.46. The van der Waals surface area contributed by atoms with E-state index >= 15 is 0 Å². The molecule has 1 aliphatic heterocycles. The Hall–Kier alpha value is -3.63. The highest BCUT2D eigenvalue weighted by molar-refractivity contribution is 5.93. The first-order valence-electron chi connectivity index (χ1n) is 13.3. The molecule has 2 aromatic carbocycles. The van der Waals surface area contributed by atoms with Crippen molar-refractivity contribution in [2.75, 3.05) is 23.3 Å². The minimum Gasteiger partial charge on any atom is -0.371 e. The number of hydrogen-bond acceptors (Lipinski definition) is 4. The van der Waals surface area contributed by atoms with Crippen molar-refractivity contribution in [1.29, 1.82) is 0 Å². The van der Waals surface area contributed by atoms with E-state index in [1.807, 2.05) is 30.3 Å². The van der Waals surface area contributed by atoms with Crippen LogP contribution in [-0.2, 0) is 12.4 Å². The zero-order valence-corrected chi connectivity index (χ0v) is 21.6. The second kappa shape index (κ2) is 11.1. The van der Waals surface area contributed by atoms with Gasteiger partial charge in [-0.2, -0.15) is 31.3 Å². The summed E-state index contributed by atoms with van der Waals surface area (Å²) in [6.45, 7) is 1.93. The molecule has 2 aliphatic rings. The van der Waals surface area contributed by atoms with Gasteiger partial charge in [0.1, 0.15) is 5.82 Å². The van der Waals surface area contributed by atoms with E-state index < -0.39 is 35.0 Å². The molecular formula is C29H29F6N4O+. The molecule has 0 spiro atoms. The zero-order valence-electron chi connectivity index (χ0n) is 21.6. The van der Waals surface area contributed by atoms with E-state index in [9.17, 15) is 31.1 Å². The Morgan fingerprint density at radius 1 is 0.900 bits per heavy atom. The second-order valence-electron chi connectivity index (χ2n) is 10.4. The Labute approximate surface area is 227 Å². The monoisotopic (exact) mass is 563 g/mol. The van der Waals surface area contributed by atoms with Crippen LogP contribution in [0.15, 0.2) is 48.5 Å². The Morgan fingerprint density at radius 2 is 1.55 bits per heavy atom. The predicted octanol–water partition coefficient (Wildman–Crippen LogP) is 5.84. The van der Waals surface area contributed by atoms with Crippen LogP contribution in [0.1, 0.15) is 60.0 Å². The van der Waals surface area contributed by atoms with Crippen molar-refractivity contribution in [3.63, 3.8) is 0 Å². The van der Waals surface area contributed by atoms with E-state index in [0.717, 1.165) is 61.8 Å². The molecule has 1 saturated heterocycles. The maximum absolute atomic E-state index is 13.2. The number of anilines is 2. The summed E-state index contributed by atoms with van der Waals surface area (Å²) in [5.41, 5.74) is -1.81. The first kappa shape index (κ1) is 27.9. The lowest BCUT2D eigenvalue weighted by atomic mass is 9.85. The molecule has 1 aliphatic carbocycles. The Balaban J connectivity index is 1.39. The second-order valence-corrected chi connectivity index (χ2v) is 10.4. The lowest BCUT2D eigenvalue weighted by Crippen LogP contribution is -2.75. The van der Waals surface area contributed by atoms with Crippen LogP contribution in [0.4, 0.5) is 37.8 Å². The number of halogens is 6. The summed E-state index contributed by atoms with van der Waals surface area (Å²) in [6.07, 6.45) is -3.06. The predicted molar refractivity (Wildman–Crippen MR) is 140 cm³/mol. The number of para-hydroxylation sites is 1. The number of alkyl halides is 6. The molecular weight excluding hydrogens is 534 g/mol. The van der Waals surface area contributed by atoms with Crippen molar-refractivity contribution in [2.45, 2.75) is 56.9 Å². The fraction of sp³-hybridized carbons (Fsp3) is 0.414. The third-order valence-electron chi connectivity index (χ3n) is 7.57. The Bertz CT molecular complexity index is 1380. The SMILES string of the molecule is O=C([NH+]=CC1CCCC[C@@H]1Nc1cc(N2CCCC2)c2ccccc2n1)c1cc(C(F)(F)F)cc(C(F)(F)F)c1. The van der Waals surface area contributed by atoms with Crippen molar-refractivity contribution >= 4 is 34.5 Å². The van der Waals surface area contributed by atoms with Crippen molar-refractivity contribution in [3.05, 3.63) is 65.2 Å². The number of nitrogens with zero attached hydrogens (tertiary/aromatic N) is 2. The zero-order chi connectivity index (χ0) is 28.5. The number of carbonyl (C=O) groups is 1. The molecule has 1 amide bonds. The van der Waals surface area contributed by atoms with Gasteiger partial charge in [-0.25, -0.2) is 9.78 Å². The van der Waals surface area contributed by atoms with Crippen LogP contribution < -0.4 is 15.2 Å². The van der Waals surface area contributed by atoms with Crippen molar-refractivity contribution < 1.29 is 36.1 Å². The molecule has 212 valence electrons. The van der Waals surface area contributed by atoms with Gasteiger partial charge in [0.2, 0.25) is 0 Å². The van der Waals surface area contributed by atoms with E-state index in [1.165, 1.54) is 6.21 Å². The van der Waals surface area contributed by atoms with Gasteiger partial charge in [-0.05, 0) is 49.9 Å². The van der Waals surface area contributed by atoms with Crippen LogP contribution in [0.2, 0.25) is 0 Å². The molecule has 11 heteroatoms. The van der Waals surface area contributed by atoms with Gasteiger partial charge in [0.05, 0.1) is 28.1 Å². The number of hydrogen-bond donors (Lipinski definition) is 2.